The number of aliphatic imine (C=N–C) groups is 1. The Balaban J connectivity index is 1.96. The Labute approximate surface area is 97.0 Å². The summed E-state index contributed by atoms with van der Waals surface area (Å²) in [6.45, 7) is 4.32. The minimum atomic E-state index is -0.0566. The molecule has 1 saturated heterocycles. The first-order valence-electron chi connectivity index (χ1n) is 6.48. The van der Waals surface area contributed by atoms with Gasteiger partial charge in [-0.25, -0.2) is 0 Å². The van der Waals surface area contributed by atoms with E-state index in [1.165, 1.54) is 12.1 Å². The Morgan fingerprint density at radius 2 is 2.50 bits per heavy atom. The van der Waals surface area contributed by atoms with E-state index in [9.17, 15) is 0 Å². The fourth-order valence-corrected chi connectivity index (χ4v) is 3.21. The molecule has 1 N–H and O–H groups in total. The predicted octanol–water partition coefficient (Wildman–Crippen LogP) is 1.89. The highest BCUT2D eigenvalue weighted by molar-refractivity contribution is 6.04. The Morgan fingerprint density at radius 3 is 3.38 bits per heavy atom. The quantitative estimate of drug-likeness (QED) is 0.732. The van der Waals surface area contributed by atoms with Gasteiger partial charge in [0.2, 0.25) is 0 Å². The zero-order chi connectivity index (χ0) is 11.0. The largest absolute Gasteiger partial charge is 0.343 e. The van der Waals surface area contributed by atoms with Crippen LogP contribution in [0.25, 0.3) is 0 Å². The second kappa shape index (κ2) is 3.97. The molecular weight excluding hydrogens is 200 g/mol. The lowest BCUT2D eigenvalue weighted by Crippen LogP contribution is -2.47. The molecule has 1 spiro atoms. The standard InChI is InChI=1S/C13H20N2O/c1-2-12-15-11-5-3-4-10-6-8-14-9-7-13(10,11)16-12/h3,5,10,12,14H,2,4,6-9H2,1H3. The topological polar surface area (TPSA) is 33.6 Å². The monoisotopic (exact) mass is 220 g/mol. The Morgan fingerprint density at radius 1 is 1.56 bits per heavy atom. The third kappa shape index (κ3) is 1.45. The van der Waals surface area contributed by atoms with Crippen LogP contribution in [0.2, 0.25) is 0 Å². The zero-order valence-electron chi connectivity index (χ0n) is 9.91. The van der Waals surface area contributed by atoms with E-state index < -0.39 is 0 Å². The second-order valence-corrected chi connectivity index (χ2v) is 5.01. The van der Waals surface area contributed by atoms with E-state index in [1.54, 1.807) is 0 Å². The summed E-state index contributed by atoms with van der Waals surface area (Å²) < 4.78 is 6.29. The molecular formula is C13H20N2O. The van der Waals surface area contributed by atoms with Crippen molar-refractivity contribution in [1.82, 2.24) is 5.32 Å². The van der Waals surface area contributed by atoms with E-state index in [-0.39, 0.29) is 11.8 Å². The van der Waals surface area contributed by atoms with Gasteiger partial charge in [-0.15, -0.1) is 0 Å². The summed E-state index contributed by atoms with van der Waals surface area (Å²) in [4.78, 5) is 4.73. The third-order valence-corrected chi connectivity index (χ3v) is 4.11. The molecule has 2 aliphatic heterocycles. The normalized spacial score (nSPS) is 42.2. The molecule has 16 heavy (non-hydrogen) atoms. The van der Waals surface area contributed by atoms with Crippen LogP contribution < -0.4 is 5.32 Å². The third-order valence-electron chi connectivity index (χ3n) is 4.11. The van der Waals surface area contributed by atoms with Crippen LogP contribution in [0.4, 0.5) is 0 Å². The minimum absolute atomic E-state index is 0.0566. The van der Waals surface area contributed by atoms with Crippen molar-refractivity contribution >= 4 is 5.71 Å². The maximum Gasteiger partial charge on any atom is 0.149 e. The van der Waals surface area contributed by atoms with E-state index in [1.807, 2.05) is 0 Å². The lowest BCUT2D eigenvalue weighted by molar-refractivity contribution is -0.0631. The first-order valence-corrected chi connectivity index (χ1v) is 6.48. The fourth-order valence-electron chi connectivity index (χ4n) is 3.21. The van der Waals surface area contributed by atoms with Gasteiger partial charge in [-0.05, 0) is 50.8 Å². The average molecular weight is 220 g/mol. The first-order chi connectivity index (χ1) is 7.85. The zero-order valence-corrected chi connectivity index (χ0v) is 9.91. The number of ether oxygens (including phenoxy) is 1. The molecule has 88 valence electrons. The van der Waals surface area contributed by atoms with Gasteiger partial charge in [-0.1, -0.05) is 13.0 Å². The van der Waals surface area contributed by atoms with Crippen molar-refractivity contribution in [2.75, 3.05) is 13.1 Å². The molecule has 3 heteroatoms. The molecule has 0 aromatic heterocycles. The van der Waals surface area contributed by atoms with Crippen molar-refractivity contribution in [1.29, 1.82) is 0 Å². The van der Waals surface area contributed by atoms with Gasteiger partial charge in [-0.2, -0.15) is 0 Å². The minimum Gasteiger partial charge on any atom is -0.343 e. The molecule has 0 aromatic rings. The van der Waals surface area contributed by atoms with E-state index >= 15 is 0 Å². The van der Waals surface area contributed by atoms with Crippen molar-refractivity contribution < 1.29 is 4.74 Å². The highest BCUT2D eigenvalue weighted by Gasteiger charge is 2.49. The van der Waals surface area contributed by atoms with Gasteiger partial charge < -0.3 is 10.1 Å². The lowest BCUT2D eigenvalue weighted by atomic mass is 9.74. The number of hydrogen-bond donors (Lipinski definition) is 1. The molecule has 1 aliphatic carbocycles. The SMILES string of the molecule is CCC1N=C2C=CCC3CCNCCC23O1. The number of nitrogens with zero attached hydrogens (tertiary/aromatic N) is 1. The molecule has 3 aliphatic rings. The van der Waals surface area contributed by atoms with Crippen molar-refractivity contribution in [2.24, 2.45) is 10.9 Å². The predicted molar refractivity (Wildman–Crippen MR) is 64.7 cm³/mol. The van der Waals surface area contributed by atoms with Crippen LogP contribution in [0.1, 0.15) is 32.6 Å². The van der Waals surface area contributed by atoms with Gasteiger partial charge >= 0.3 is 0 Å². The molecule has 2 heterocycles. The average Bonchev–Trinajstić information content (AvgIpc) is 2.55. The summed E-state index contributed by atoms with van der Waals surface area (Å²) in [7, 11) is 0. The molecule has 0 saturated carbocycles. The number of nitrogens with one attached hydrogen (secondary N) is 1. The molecule has 0 radical (unpaired) electrons. The molecule has 0 aromatic carbocycles. The van der Waals surface area contributed by atoms with Crippen molar-refractivity contribution in [2.45, 2.75) is 44.4 Å². The highest BCUT2D eigenvalue weighted by Crippen LogP contribution is 2.42. The van der Waals surface area contributed by atoms with E-state index in [0.29, 0.717) is 5.92 Å². The van der Waals surface area contributed by atoms with E-state index in [2.05, 4.69) is 24.4 Å². The Bertz CT molecular complexity index is 337. The van der Waals surface area contributed by atoms with Crippen LogP contribution in [0.3, 0.4) is 0 Å². The Hall–Kier alpha value is -0.670. The fraction of sp³-hybridized carbons (Fsp3) is 0.769. The van der Waals surface area contributed by atoms with Crippen LogP contribution in [0, 0.1) is 5.92 Å². The van der Waals surface area contributed by atoms with Gasteiger partial charge in [0.05, 0.1) is 5.71 Å². The highest BCUT2D eigenvalue weighted by atomic mass is 16.5. The summed E-state index contributed by atoms with van der Waals surface area (Å²) in [5.41, 5.74) is 1.15. The maximum absolute atomic E-state index is 6.29. The van der Waals surface area contributed by atoms with Crippen LogP contribution >= 0.6 is 0 Å². The number of allylic oxidation sites excluding steroid dienone is 1. The molecule has 0 amide bonds. The molecule has 3 rings (SSSR count). The van der Waals surface area contributed by atoms with Gasteiger partial charge in [0.15, 0.2) is 0 Å². The van der Waals surface area contributed by atoms with Gasteiger partial charge in [0, 0.05) is 0 Å². The summed E-state index contributed by atoms with van der Waals surface area (Å²) in [5.74, 6) is 0.628. The van der Waals surface area contributed by atoms with Crippen molar-refractivity contribution in [3.8, 4) is 0 Å². The first kappa shape index (κ1) is 10.5. The summed E-state index contributed by atoms with van der Waals surface area (Å²) in [5, 5.41) is 3.48. The summed E-state index contributed by atoms with van der Waals surface area (Å²) in [6, 6.07) is 0. The second-order valence-electron chi connectivity index (χ2n) is 5.01. The van der Waals surface area contributed by atoms with Crippen molar-refractivity contribution in [3.63, 3.8) is 0 Å². The molecule has 0 bridgehead atoms. The maximum atomic E-state index is 6.29. The van der Waals surface area contributed by atoms with Gasteiger partial charge in [0.1, 0.15) is 11.8 Å². The number of rotatable bonds is 1. The Kier molecular flexibility index (Phi) is 2.60. The van der Waals surface area contributed by atoms with E-state index in [0.717, 1.165) is 32.4 Å². The summed E-state index contributed by atoms with van der Waals surface area (Å²) in [6.07, 6.45) is 8.98. The van der Waals surface area contributed by atoms with Crippen LogP contribution in [-0.4, -0.2) is 30.6 Å². The molecule has 3 atom stereocenters. The van der Waals surface area contributed by atoms with E-state index in [4.69, 9.17) is 9.73 Å². The smallest absolute Gasteiger partial charge is 0.149 e. The number of hydrogen-bond acceptors (Lipinski definition) is 3. The van der Waals surface area contributed by atoms with Crippen LogP contribution in [0.5, 0.6) is 0 Å². The summed E-state index contributed by atoms with van der Waals surface area (Å²) >= 11 is 0. The van der Waals surface area contributed by atoms with Crippen molar-refractivity contribution in [3.05, 3.63) is 12.2 Å². The molecule has 1 fully saturated rings. The van der Waals surface area contributed by atoms with Gasteiger partial charge in [-0.3, -0.25) is 4.99 Å². The van der Waals surface area contributed by atoms with Crippen LogP contribution in [0.15, 0.2) is 17.1 Å². The molecule has 3 unspecified atom stereocenters. The van der Waals surface area contributed by atoms with Gasteiger partial charge in [0.25, 0.3) is 0 Å². The van der Waals surface area contributed by atoms with Crippen LogP contribution in [-0.2, 0) is 4.74 Å². The molecule has 3 nitrogen and oxygen atoms in total. The lowest BCUT2D eigenvalue weighted by Gasteiger charge is -2.38.